The summed E-state index contributed by atoms with van der Waals surface area (Å²) >= 11 is 0. The zero-order valence-corrected chi connectivity index (χ0v) is 12.8. The largest absolute Gasteiger partial charge is 0.466 e. The molecule has 2 unspecified atom stereocenters. The van der Waals surface area contributed by atoms with Gasteiger partial charge in [-0.05, 0) is 47.0 Å². The van der Waals surface area contributed by atoms with Crippen LogP contribution in [0, 0.1) is 5.92 Å². The molecular weight excluding hydrogens is 257 g/mol. The second kappa shape index (κ2) is 6.74. The molecule has 1 aliphatic carbocycles. The van der Waals surface area contributed by atoms with Gasteiger partial charge in [-0.2, -0.15) is 0 Å². The minimum atomic E-state index is -1.16. The number of allylic oxidation sites excluding steroid dienone is 2. The molecule has 0 aromatic rings. The molecule has 20 heavy (non-hydrogen) atoms. The molecule has 1 aliphatic rings. The highest BCUT2D eigenvalue weighted by Gasteiger charge is 2.37. The van der Waals surface area contributed by atoms with E-state index in [-0.39, 0.29) is 11.9 Å². The van der Waals surface area contributed by atoms with Crippen molar-refractivity contribution >= 4 is 13.5 Å². The molecule has 2 atom stereocenters. The molecule has 0 heterocycles. The second-order valence-corrected chi connectivity index (χ2v) is 5.90. The summed E-state index contributed by atoms with van der Waals surface area (Å²) in [7, 11) is 1.58. The Morgan fingerprint density at radius 2 is 2.20 bits per heavy atom. The highest BCUT2D eigenvalue weighted by Crippen LogP contribution is 2.26. The van der Waals surface area contributed by atoms with E-state index in [1.54, 1.807) is 28.3 Å². The van der Waals surface area contributed by atoms with Crippen molar-refractivity contribution in [2.45, 2.75) is 58.3 Å². The van der Waals surface area contributed by atoms with Gasteiger partial charge in [0.25, 0.3) is 0 Å². The highest BCUT2D eigenvalue weighted by molar-refractivity contribution is 6.38. The Labute approximate surface area is 121 Å². The number of esters is 1. The zero-order valence-electron chi connectivity index (χ0n) is 12.8. The van der Waals surface area contributed by atoms with E-state index >= 15 is 0 Å². The van der Waals surface area contributed by atoms with Gasteiger partial charge in [0.1, 0.15) is 5.72 Å². The lowest BCUT2D eigenvalue weighted by atomic mass is 9.75. The van der Waals surface area contributed by atoms with Crippen LogP contribution in [0.5, 0.6) is 0 Å². The molecule has 1 radical (unpaired) electrons. The van der Waals surface area contributed by atoms with E-state index < -0.39 is 11.3 Å². The van der Waals surface area contributed by atoms with Gasteiger partial charge in [-0.15, -0.1) is 0 Å². The first-order valence-corrected chi connectivity index (χ1v) is 7.05. The van der Waals surface area contributed by atoms with Gasteiger partial charge in [0.15, 0.2) is 0 Å². The van der Waals surface area contributed by atoms with Crippen molar-refractivity contribution in [2.75, 3.05) is 6.61 Å². The average Bonchev–Trinajstić information content (AvgIpc) is 2.36. The fourth-order valence-electron chi connectivity index (χ4n) is 1.78. The summed E-state index contributed by atoms with van der Waals surface area (Å²) in [6, 6.07) is 0. The van der Waals surface area contributed by atoms with Crippen LogP contribution in [0.25, 0.3) is 0 Å². The Morgan fingerprint density at radius 1 is 1.55 bits per heavy atom. The lowest BCUT2D eigenvalue weighted by molar-refractivity contribution is -0.148. The molecule has 0 bridgehead atoms. The van der Waals surface area contributed by atoms with Crippen LogP contribution >= 0.6 is 0 Å². The monoisotopic (exact) mass is 282 g/mol. The quantitative estimate of drug-likeness (QED) is 0.436. The summed E-state index contributed by atoms with van der Waals surface area (Å²) in [4.78, 5) is 11.6. The predicted molar refractivity (Wildman–Crippen MR) is 77.8 cm³/mol. The van der Waals surface area contributed by atoms with E-state index in [0.29, 0.717) is 13.0 Å². The van der Waals surface area contributed by atoms with Crippen molar-refractivity contribution in [1.29, 1.82) is 0 Å². The first-order chi connectivity index (χ1) is 9.17. The first-order valence-electron chi connectivity index (χ1n) is 7.05. The molecule has 0 saturated carbocycles. The second-order valence-electron chi connectivity index (χ2n) is 5.90. The van der Waals surface area contributed by atoms with E-state index in [2.05, 4.69) is 0 Å². The SMILES string of the molecule is CCOC(=O)C1CC=C([B]OC(C)(N)C(C)(C)O)CC1. The normalized spacial score (nSPS) is 22.7. The van der Waals surface area contributed by atoms with E-state index in [4.69, 9.17) is 15.1 Å². The van der Waals surface area contributed by atoms with Gasteiger partial charge in [0.05, 0.1) is 18.1 Å². The van der Waals surface area contributed by atoms with E-state index in [1.165, 1.54) is 0 Å². The van der Waals surface area contributed by atoms with Crippen LogP contribution in [0.15, 0.2) is 11.5 Å². The summed E-state index contributed by atoms with van der Waals surface area (Å²) in [5.41, 5.74) is 4.61. The molecule has 113 valence electrons. The molecule has 0 aromatic heterocycles. The van der Waals surface area contributed by atoms with Crippen molar-refractivity contribution in [2.24, 2.45) is 11.7 Å². The summed E-state index contributed by atoms with van der Waals surface area (Å²) in [5.74, 6) is -0.200. The Hall–Kier alpha value is -0.845. The van der Waals surface area contributed by atoms with Gasteiger partial charge in [0, 0.05) is 0 Å². The minimum Gasteiger partial charge on any atom is -0.466 e. The molecule has 5 nitrogen and oxygen atoms in total. The maximum Gasteiger partial charge on any atom is 0.328 e. The minimum absolute atomic E-state index is 0.0642. The molecule has 0 aliphatic heterocycles. The molecule has 0 aromatic carbocycles. The molecular formula is C14H25BNO4. The van der Waals surface area contributed by atoms with Crippen LogP contribution < -0.4 is 5.73 Å². The molecule has 1 rings (SSSR count). The van der Waals surface area contributed by atoms with Crippen LogP contribution in [0.2, 0.25) is 0 Å². The third-order valence-electron chi connectivity index (χ3n) is 3.74. The molecule has 0 spiro atoms. The molecule has 0 fully saturated rings. The Balaban J connectivity index is 2.47. The van der Waals surface area contributed by atoms with Crippen LogP contribution in [0.3, 0.4) is 0 Å². The number of hydrogen-bond acceptors (Lipinski definition) is 5. The Morgan fingerprint density at radius 3 is 2.65 bits per heavy atom. The standard InChI is InChI=1S/C14H25BNO4/c1-5-19-12(17)10-6-8-11(9-7-10)15-20-14(4,16)13(2,3)18/h8,10,18H,5-7,9,16H2,1-4H3. The van der Waals surface area contributed by atoms with E-state index in [1.807, 2.05) is 13.0 Å². The van der Waals surface area contributed by atoms with Crippen molar-refractivity contribution in [3.63, 3.8) is 0 Å². The number of aliphatic hydroxyl groups is 1. The maximum absolute atomic E-state index is 11.6. The highest BCUT2D eigenvalue weighted by atomic mass is 16.5. The van der Waals surface area contributed by atoms with Gasteiger partial charge in [0.2, 0.25) is 0 Å². The smallest absolute Gasteiger partial charge is 0.328 e. The number of rotatable bonds is 6. The van der Waals surface area contributed by atoms with Crippen molar-refractivity contribution in [1.82, 2.24) is 0 Å². The topological polar surface area (TPSA) is 81.8 Å². The van der Waals surface area contributed by atoms with Gasteiger partial charge in [-0.25, -0.2) is 0 Å². The van der Waals surface area contributed by atoms with Crippen LogP contribution in [-0.2, 0) is 14.2 Å². The lowest BCUT2D eigenvalue weighted by Gasteiger charge is -2.37. The fraction of sp³-hybridized carbons (Fsp3) is 0.786. The van der Waals surface area contributed by atoms with Crippen molar-refractivity contribution in [3.8, 4) is 0 Å². The summed E-state index contributed by atoms with van der Waals surface area (Å²) in [6.07, 6.45) is 4.10. The number of ether oxygens (including phenoxy) is 1. The number of nitrogens with two attached hydrogens (primary N) is 1. The third kappa shape index (κ3) is 4.61. The van der Waals surface area contributed by atoms with Gasteiger partial charge >= 0.3 is 13.5 Å². The zero-order chi connectivity index (χ0) is 15.4. The van der Waals surface area contributed by atoms with E-state index in [9.17, 15) is 9.90 Å². The van der Waals surface area contributed by atoms with E-state index in [0.717, 1.165) is 18.3 Å². The number of carbonyl (C=O) groups is 1. The van der Waals surface area contributed by atoms with Crippen molar-refractivity contribution in [3.05, 3.63) is 11.5 Å². The van der Waals surface area contributed by atoms with Gasteiger partial charge in [-0.1, -0.05) is 11.5 Å². The Bertz CT molecular complexity index is 374. The lowest BCUT2D eigenvalue weighted by Crippen LogP contribution is -2.57. The van der Waals surface area contributed by atoms with Crippen molar-refractivity contribution < 1.29 is 19.3 Å². The molecule has 6 heteroatoms. The van der Waals surface area contributed by atoms with Gasteiger partial charge in [-0.3, -0.25) is 4.79 Å². The van der Waals surface area contributed by atoms with Gasteiger partial charge < -0.3 is 20.2 Å². The average molecular weight is 282 g/mol. The third-order valence-corrected chi connectivity index (χ3v) is 3.74. The van der Waals surface area contributed by atoms with Crippen LogP contribution in [0.4, 0.5) is 0 Å². The molecule has 0 saturated heterocycles. The summed E-state index contributed by atoms with van der Waals surface area (Å²) in [5, 5.41) is 9.90. The van der Waals surface area contributed by atoms with Crippen LogP contribution in [-0.4, -0.2) is 36.5 Å². The Kier molecular flexibility index (Phi) is 5.80. The molecule has 0 amide bonds. The van der Waals surface area contributed by atoms with Crippen LogP contribution in [0.1, 0.15) is 47.0 Å². The molecule has 3 N–H and O–H groups in total. The summed E-state index contributed by atoms with van der Waals surface area (Å²) < 4.78 is 10.5. The fourth-order valence-corrected chi connectivity index (χ4v) is 1.78. The predicted octanol–water partition coefficient (Wildman–Crippen LogP) is 1.32. The number of hydrogen-bond donors (Lipinski definition) is 2. The summed E-state index contributed by atoms with van der Waals surface area (Å²) in [6.45, 7) is 7.06. The first kappa shape index (κ1) is 17.2. The maximum atomic E-state index is 11.6. The number of carbonyl (C=O) groups excluding carboxylic acids is 1.